The van der Waals surface area contributed by atoms with E-state index in [2.05, 4.69) is 12.2 Å². The normalized spacial score (nSPS) is 12.4. The van der Waals surface area contributed by atoms with Gasteiger partial charge in [0.2, 0.25) is 0 Å². The number of hydrogen-bond donors (Lipinski definition) is 1. The van der Waals surface area contributed by atoms with Crippen molar-refractivity contribution in [1.29, 1.82) is 0 Å². The second-order valence-corrected chi connectivity index (χ2v) is 5.65. The maximum absolute atomic E-state index is 6.02. The van der Waals surface area contributed by atoms with Crippen molar-refractivity contribution in [3.63, 3.8) is 0 Å². The molecule has 2 rings (SSSR count). The molecule has 19 heavy (non-hydrogen) atoms. The first kappa shape index (κ1) is 14.7. The van der Waals surface area contributed by atoms with Gasteiger partial charge in [0, 0.05) is 17.6 Å². The zero-order valence-electron chi connectivity index (χ0n) is 10.5. The van der Waals surface area contributed by atoms with E-state index in [1.54, 1.807) is 0 Å². The summed E-state index contributed by atoms with van der Waals surface area (Å²) in [4.78, 5) is 0. The first-order valence-corrected chi connectivity index (χ1v) is 7.12. The van der Waals surface area contributed by atoms with Gasteiger partial charge in [-0.1, -0.05) is 53.0 Å². The molecule has 2 aromatic carbocycles. The van der Waals surface area contributed by atoms with Gasteiger partial charge in [0.25, 0.3) is 0 Å². The third kappa shape index (κ3) is 4.12. The van der Waals surface area contributed by atoms with Crippen molar-refractivity contribution < 1.29 is 0 Å². The van der Waals surface area contributed by atoms with E-state index in [-0.39, 0.29) is 6.04 Å². The summed E-state index contributed by atoms with van der Waals surface area (Å²) in [5, 5.41) is 5.35. The molecule has 0 spiro atoms. The van der Waals surface area contributed by atoms with E-state index in [0.29, 0.717) is 10.0 Å². The van der Waals surface area contributed by atoms with Crippen LogP contribution in [0.2, 0.25) is 15.1 Å². The predicted octanol–water partition coefficient (Wildman–Crippen LogP) is 5.50. The highest BCUT2D eigenvalue weighted by molar-refractivity contribution is 6.42. The molecule has 1 unspecified atom stereocenters. The highest BCUT2D eigenvalue weighted by Crippen LogP contribution is 2.25. The Morgan fingerprint density at radius 2 is 1.63 bits per heavy atom. The average Bonchev–Trinajstić information content (AvgIpc) is 2.41. The smallest absolute Gasteiger partial charge is 0.0595 e. The SMILES string of the molecule is CC(NCc1ccc(Cl)cc1)c1ccc(Cl)c(Cl)c1. The van der Waals surface area contributed by atoms with Gasteiger partial charge in [-0.05, 0) is 42.3 Å². The van der Waals surface area contributed by atoms with Crippen LogP contribution in [0.4, 0.5) is 0 Å². The van der Waals surface area contributed by atoms with E-state index in [9.17, 15) is 0 Å². The van der Waals surface area contributed by atoms with E-state index < -0.39 is 0 Å². The number of rotatable bonds is 4. The summed E-state index contributed by atoms with van der Waals surface area (Å²) in [7, 11) is 0. The lowest BCUT2D eigenvalue weighted by Gasteiger charge is -2.15. The van der Waals surface area contributed by atoms with E-state index in [0.717, 1.165) is 17.1 Å². The lowest BCUT2D eigenvalue weighted by Crippen LogP contribution is -2.18. The Balaban J connectivity index is 1.98. The third-order valence-electron chi connectivity index (χ3n) is 2.97. The molecule has 0 fully saturated rings. The van der Waals surface area contributed by atoms with Gasteiger partial charge in [-0.15, -0.1) is 0 Å². The van der Waals surface area contributed by atoms with Crippen LogP contribution in [0.15, 0.2) is 42.5 Å². The van der Waals surface area contributed by atoms with Crippen molar-refractivity contribution in [3.8, 4) is 0 Å². The lowest BCUT2D eigenvalue weighted by atomic mass is 10.1. The molecule has 4 heteroatoms. The van der Waals surface area contributed by atoms with Gasteiger partial charge in [-0.3, -0.25) is 0 Å². The molecule has 0 heterocycles. The summed E-state index contributed by atoms with van der Waals surface area (Å²) in [6, 6.07) is 13.7. The monoisotopic (exact) mass is 313 g/mol. The van der Waals surface area contributed by atoms with Crippen LogP contribution in [0, 0.1) is 0 Å². The molecule has 2 aromatic rings. The Bertz CT molecular complexity index is 552. The fraction of sp³-hybridized carbons (Fsp3) is 0.200. The topological polar surface area (TPSA) is 12.0 Å². The molecule has 1 N–H and O–H groups in total. The Labute approximate surface area is 128 Å². The van der Waals surface area contributed by atoms with Gasteiger partial charge in [0.15, 0.2) is 0 Å². The standard InChI is InChI=1S/C15H14Cl3N/c1-10(12-4-7-14(17)15(18)8-12)19-9-11-2-5-13(16)6-3-11/h2-8,10,19H,9H2,1H3. The molecule has 0 amide bonds. The minimum atomic E-state index is 0.199. The summed E-state index contributed by atoms with van der Waals surface area (Å²) in [5.41, 5.74) is 2.31. The van der Waals surface area contributed by atoms with Gasteiger partial charge >= 0.3 is 0 Å². The second kappa shape index (κ2) is 6.62. The van der Waals surface area contributed by atoms with Gasteiger partial charge in [0.1, 0.15) is 0 Å². The fourth-order valence-electron chi connectivity index (χ4n) is 1.77. The summed E-state index contributed by atoms with van der Waals surface area (Å²) in [5.74, 6) is 0. The van der Waals surface area contributed by atoms with Crippen LogP contribution in [0.5, 0.6) is 0 Å². The molecule has 0 aliphatic heterocycles. The number of hydrogen-bond acceptors (Lipinski definition) is 1. The molecule has 0 saturated heterocycles. The number of benzene rings is 2. The molecule has 0 aliphatic carbocycles. The van der Waals surface area contributed by atoms with Gasteiger partial charge in [-0.2, -0.15) is 0 Å². The Morgan fingerprint density at radius 1 is 0.947 bits per heavy atom. The van der Waals surface area contributed by atoms with Crippen LogP contribution in [0.3, 0.4) is 0 Å². The van der Waals surface area contributed by atoms with Crippen LogP contribution in [0.1, 0.15) is 24.1 Å². The summed E-state index contributed by atoms with van der Waals surface area (Å²) >= 11 is 17.8. The molecular weight excluding hydrogens is 301 g/mol. The molecule has 0 aromatic heterocycles. The summed E-state index contributed by atoms with van der Waals surface area (Å²) in [6.45, 7) is 2.87. The minimum absolute atomic E-state index is 0.199. The quantitative estimate of drug-likeness (QED) is 0.786. The molecule has 0 saturated carbocycles. The van der Waals surface area contributed by atoms with Crippen LogP contribution in [-0.4, -0.2) is 0 Å². The maximum Gasteiger partial charge on any atom is 0.0595 e. The number of nitrogens with one attached hydrogen (secondary N) is 1. The third-order valence-corrected chi connectivity index (χ3v) is 3.96. The van der Waals surface area contributed by atoms with Crippen LogP contribution in [-0.2, 0) is 6.54 Å². The Hall–Kier alpha value is -0.730. The lowest BCUT2D eigenvalue weighted by molar-refractivity contribution is 0.575. The summed E-state index contributed by atoms with van der Waals surface area (Å²) in [6.07, 6.45) is 0. The molecule has 0 aliphatic rings. The van der Waals surface area contributed by atoms with E-state index in [1.807, 2.05) is 42.5 Å². The van der Waals surface area contributed by atoms with E-state index in [4.69, 9.17) is 34.8 Å². The molecule has 0 radical (unpaired) electrons. The van der Waals surface area contributed by atoms with Crippen molar-refractivity contribution in [2.75, 3.05) is 0 Å². The maximum atomic E-state index is 6.02. The number of halogens is 3. The van der Waals surface area contributed by atoms with Gasteiger partial charge in [-0.25, -0.2) is 0 Å². The van der Waals surface area contributed by atoms with Crippen LogP contribution in [0.25, 0.3) is 0 Å². The average molecular weight is 315 g/mol. The van der Waals surface area contributed by atoms with Crippen LogP contribution >= 0.6 is 34.8 Å². The first-order chi connectivity index (χ1) is 9.06. The zero-order valence-corrected chi connectivity index (χ0v) is 12.7. The molecule has 100 valence electrons. The first-order valence-electron chi connectivity index (χ1n) is 5.99. The zero-order chi connectivity index (χ0) is 13.8. The van der Waals surface area contributed by atoms with Gasteiger partial charge in [0.05, 0.1) is 10.0 Å². The highest BCUT2D eigenvalue weighted by atomic mass is 35.5. The van der Waals surface area contributed by atoms with E-state index in [1.165, 1.54) is 5.56 Å². The Kier molecular flexibility index (Phi) is 5.12. The van der Waals surface area contributed by atoms with Crippen molar-refractivity contribution >= 4 is 34.8 Å². The molecule has 1 nitrogen and oxygen atoms in total. The van der Waals surface area contributed by atoms with Crippen LogP contribution < -0.4 is 5.32 Å². The fourth-order valence-corrected chi connectivity index (χ4v) is 2.21. The van der Waals surface area contributed by atoms with Crippen molar-refractivity contribution in [2.45, 2.75) is 19.5 Å². The molecular formula is C15H14Cl3N. The van der Waals surface area contributed by atoms with Crippen molar-refractivity contribution in [2.24, 2.45) is 0 Å². The molecule has 0 bridgehead atoms. The largest absolute Gasteiger partial charge is 0.306 e. The predicted molar refractivity (Wildman–Crippen MR) is 83.2 cm³/mol. The van der Waals surface area contributed by atoms with Crippen molar-refractivity contribution in [3.05, 3.63) is 68.7 Å². The highest BCUT2D eigenvalue weighted by Gasteiger charge is 2.07. The summed E-state index contributed by atoms with van der Waals surface area (Å²) < 4.78 is 0. The Morgan fingerprint density at radius 3 is 2.26 bits per heavy atom. The van der Waals surface area contributed by atoms with E-state index >= 15 is 0 Å². The second-order valence-electron chi connectivity index (χ2n) is 4.40. The van der Waals surface area contributed by atoms with Crippen molar-refractivity contribution in [1.82, 2.24) is 5.32 Å². The van der Waals surface area contributed by atoms with Gasteiger partial charge < -0.3 is 5.32 Å². The minimum Gasteiger partial charge on any atom is -0.306 e. The molecule has 1 atom stereocenters.